The molecule has 354 valence electrons. The fraction of sp³-hybridized carbons (Fsp3) is 0.778. The Morgan fingerprint density at radius 1 is 0.540 bits per heavy atom. The first-order valence-corrected chi connectivity index (χ1v) is 24.7. The molecule has 10 rings (SSSR count). The highest BCUT2D eigenvalue weighted by atomic mass is 16.6. The summed E-state index contributed by atoms with van der Waals surface area (Å²) in [5.41, 5.74) is 0.433. The summed E-state index contributed by atoms with van der Waals surface area (Å²) in [7, 11) is 0. The zero-order valence-electron chi connectivity index (χ0n) is 40.8. The van der Waals surface area contributed by atoms with Crippen molar-refractivity contribution in [3.63, 3.8) is 0 Å². The van der Waals surface area contributed by atoms with E-state index in [1.807, 2.05) is 0 Å². The molecule has 0 radical (unpaired) electrons. The molecule has 0 saturated heterocycles. The Hall–Kier alpha value is -3.20. The van der Waals surface area contributed by atoms with E-state index in [2.05, 4.69) is 60.9 Å². The summed E-state index contributed by atoms with van der Waals surface area (Å²) < 4.78 is 22.8. The highest BCUT2D eigenvalue weighted by molar-refractivity contribution is 5.88. The standard InChI is InChI=1S/C17H26O2.C14H20O3.C12H20O2.C11H18O2/c1-10(2)16(18)19-17(11(3)4)14-6-12-5-13(8-14)9-15(17)7-12;1-9(2)12(15)17-14-6-10-3-11(7-14)5-13(16,4-10)8-14;1-9(2)11(13)14-12(10(3)4)7-5-6-8-12;1-4-11(7-5-6-8-11)13-10(12)9(2)3/h11-15H,1,5-9H2,2-4H3;10-11,16H,1,3-8H2,2H3;10H,1,5-8H2,2-4H3;2,4-8H2,1,3H3. The first-order chi connectivity index (χ1) is 29.4. The van der Waals surface area contributed by atoms with Gasteiger partial charge < -0.3 is 24.1 Å². The molecule has 2 atom stereocenters. The van der Waals surface area contributed by atoms with Crippen LogP contribution in [0.25, 0.3) is 0 Å². The summed E-state index contributed by atoms with van der Waals surface area (Å²) in [6, 6.07) is 0. The Labute approximate surface area is 380 Å². The molecular formula is C54H84O9. The van der Waals surface area contributed by atoms with E-state index in [1.54, 1.807) is 27.7 Å². The van der Waals surface area contributed by atoms with E-state index in [0.717, 1.165) is 69.6 Å². The van der Waals surface area contributed by atoms with Gasteiger partial charge in [0.15, 0.2) is 0 Å². The predicted molar refractivity (Wildman–Crippen MR) is 248 cm³/mol. The quantitative estimate of drug-likeness (QED) is 0.123. The second-order valence-corrected chi connectivity index (χ2v) is 22.5. The van der Waals surface area contributed by atoms with Crippen LogP contribution in [0.2, 0.25) is 0 Å². The van der Waals surface area contributed by atoms with Crippen molar-refractivity contribution in [3.05, 3.63) is 48.6 Å². The fourth-order valence-electron chi connectivity index (χ4n) is 13.8. The summed E-state index contributed by atoms with van der Waals surface area (Å²) in [5, 5.41) is 10.5. The molecule has 9 heteroatoms. The first-order valence-electron chi connectivity index (χ1n) is 24.7. The van der Waals surface area contributed by atoms with Crippen LogP contribution in [0.5, 0.6) is 0 Å². The van der Waals surface area contributed by atoms with Crippen LogP contribution in [0.4, 0.5) is 0 Å². The molecule has 0 heterocycles. The van der Waals surface area contributed by atoms with Crippen LogP contribution in [0.1, 0.15) is 191 Å². The van der Waals surface area contributed by atoms with Crippen LogP contribution in [0.3, 0.4) is 0 Å². The summed E-state index contributed by atoms with van der Waals surface area (Å²) >= 11 is 0. The lowest BCUT2D eigenvalue weighted by Crippen LogP contribution is -2.62. The van der Waals surface area contributed by atoms with Crippen LogP contribution in [-0.2, 0) is 38.1 Å². The van der Waals surface area contributed by atoms with Gasteiger partial charge in [-0.05, 0) is 197 Å². The molecule has 10 fully saturated rings. The minimum Gasteiger partial charge on any atom is -0.456 e. The molecule has 0 aromatic carbocycles. The molecule has 10 aliphatic rings. The predicted octanol–water partition coefficient (Wildman–Crippen LogP) is 12.0. The molecule has 0 aliphatic heterocycles. The maximum Gasteiger partial charge on any atom is 0.333 e. The molecular weight excluding hydrogens is 793 g/mol. The number of carbonyl (C=O) groups is 4. The molecule has 63 heavy (non-hydrogen) atoms. The topological polar surface area (TPSA) is 125 Å². The second kappa shape index (κ2) is 20.1. The summed E-state index contributed by atoms with van der Waals surface area (Å²) in [6.07, 6.45) is 21.7. The van der Waals surface area contributed by atoms with Crippen LogP contribution in [0, 0.1) is 47.3 Å². The van der Waals surface area contributed by atoms with Crippen LogP contribution in [-0.4, -0.2) is 57.0 Å². The van der Waals surface area contributed by atoms with Crippen molar-refractivity contribution >= 4 is 23.9 Å². The Morgan fingerprint density at radius 3 is 1.33 bits per heavy atom. The summed E-state index contributed by atoms with van der Waals surface area (Å²) in [6.45, 7) is 32.2. The van der Waals surface area contributed by atoms with E-state index in [1.165, 1.54) is 64.2 Å². The first kappa shape index (κ1) is 50.8. The van der Waals surface area contributed by atoms with Gasteiger partial charge in [-0.2, -0.15) is 0 Å². The van der Waals surface area contributed by atoms with Gasteiger partial charge in [0.2, 0.25) is 0 Å². The maximum absolute atomic E-state index is 12.1. The number of rotatable bonds is 11. The lowest BCUT2D eigenvalue weighted by Gasteiger charge is -2.61. The van der Waals surface area contributed by atoms with Crippen molar-refractivity contribution in [2.75, 3.05) is 0 Å². The van der Waals surface area contributed by atoms with Crippen molar-refractivity contribution in [2.24, 2.45) is 47.3 Å². The Kier molecular flexibility index (Phi) is 16.2. The Morgan fingerprint density at radius 2 is 0.937 bits per heavy atom. The van der Waals surface area contributed by atoms with Crippen molar-refractivity contribution in [3.8, 4) is 0 Å². The minimum absolute atomic E-state index is 0.171. The summed E-state index contributed by atoms with van der Waals surface area (Å²) in [5.74, 6) is 3.92. The van der Waals surface area contributed by atoms with Gasteiger partial charge in [-0.1, -0.05) is 60.9 Å². The Balaban J connectivity index is 0.000000160. The van der Waals surface area contributed by atoms with Gasteiger partial charge in [0.25, 0.3) is 0 Å². The van der Waals surface area contributed by atoms with Gasteiger partial charge in [-0.25, -0.2) is 19.2 Å². The third-order valence-electron chi connectivity index (χ3n) is 16.5. The number of carbonyl (C=O) groups excluding carboxylic acids is 4. The van der Waals surface area contributed by atoms with E-state index in [0.29, 0.717) is 64.2 Å². The highest BCUT2D eigenvalue weighted by Gasteiger charge is 2.61. The molecule has 0 amide bonds. The smallest absolute Gasteiger partial charge is 0.333 e. The molecule has 1 N–H and O–H groups in total. The van der Waals surface area contributed by atoms with Crippen LogP contribution < -0.4 is 0 Å². The van der Waals surface area contributed by atoms with Crippen molar-refractivity contribution in [1.29, 1.82) is 0 Å². The Bertz CT molecular complexity index is 1690. The van der Waals surface area contributed by atoms with Crippen LogP contribution in [0.15, 0.2) is 48.6 Å². The SMILES string of the molecule is C=C(C)C(=O)OC1(C(C)C)C2CC3CC(C2)CC1C3.C=C(C)C(=O)OC1(C(C)C)CCCC1.C=C(C)C(=O)OC1(CC)CCCC1.C=C(C)C(=O)OC12CC3CC(CC(O)(C3)C1)C2. The fourth-order valence-corrected chi connectivity index (χ4v) is 13.8. The third kappa shape index (κ3) is 11.6. The molecule has 0 spiro atoms. The highest BCUT2D eigenvalue weighted by Crippen LogP contribution is 2.62. The number of hydrogen-bond donors (Lipinski definition) is 1. The summed E-state index contributed by atoms with van der Waals surface area (Å²) in [4.78, 5) is 46.7. The van der Waals surface area contributed by atoms with E-state index < -0.39 is 11.2 Å². The minimum atomic E-state index is -0.570. The lowest BCUT2D eigenvalue weighted by atomic mass is 9.47. The number of ether oxygens (including phenoxy) is 4. The van der Waals surface area contributed by atoms with E-state index in [9.17, 15) is 24.3 Å². The second-order valence-electron chi connectivity index (χ2n) is 22.5. The van der Waals surface area contributed by atoms with Gasteiger partial charge in [0.05, 0.1) is 5.60 Å². The molecule has 0 aromatic heterocycles. The molecule has 8 bridgehead atoms. The van der Waals surface area contributed by atoms with Crippen molar-refractivity contribution in [2.45, 2.75) is 219 Å². The zero-order chi connectivity index (χ0) is 46.7. The third-order valence-corrected chi connectivity index (χ3v) is 16.5. The number of aliphatic hydroxyl groups is 1. The number of esters is 4. The zero-order valence-corrected chi connectivity index (χ0v) is 40.8. The van der Waals surface area contributed by atoms with Crippen molar-refractivity contribution < 1.29 is 43.2 Å². The van der Waals surface area contributed by atoms with Gasteiger partial charge in [0, 0.05) is 28.7 Å². The van der Waals surface area contributed by atoms with Crippen molar-refractivity contribution in [1.82, 2.24) is 0 Å². The van der Waals surface area contributed by atoms with Crippen LogP contribution >= 0.6 is 0 Å². The molecule has 9 nitrogen and oxygen atoms in total. The van der Waals surface area contributed by atoms with Gasteiger partial charge >= 0.3 is 23.9 Å². The van der Waals surface area contributed by atoms with E-state index >= 15 is 0 Å². The normalized spacial score (nSPS) is 34.3. The van der Waals surface area contributed by atoms with Gasteiger partial charge in [-0.3, -0.25) is 0 Å². The maximum atomic E-state index is 12.1. The van der Waals surface area contributed by atoms with Gasteiger partial charge in [-0.15, -0.1) is 0 Å². The average Bonchev–Trinajstić information content (AvgIpc) is 3.86. The molecule has 0 aromatic rings. The molecule has 10 aliphatic carbocycles. The molecule has 2 unspecified atom stereocenters. The average molecular weight is 877 g/mol. The number of hydrogen-bond acceptors (Lipinski definition) is 9. The van der Waals surface area contributed by atoms with E-state index in [4.69, 9.17) is 18.9 Å². The van der Waals surface area contributed by atoms with E-state index in [-0.39, 0.29) is 40.7 Å². The van der Waals surface area contributed by atoms with Gasteiger partial charge in [0.1, 0.15) is 22.4 Å². The molecule has 10 saturated carbocycles. The monoisotopic (exact) mass is 877 g/mol. The lowest BCUT2D eigenvalue weighted by molar-refractivity contribution is -0.221. The largest absolute Gasteiger partial charge is 0.456 e.